The molecule has 0 aliphatic heterocycles. The number of hydrogen-bond acceptors (Lipinski definition) is 3. The molecule has 1 unspecified atom stereocenters. The van der Waals surface area contributed by atoms with Gasteiger partial charge in [0, 0.05) is 5.69 Å². The third-order valence-electron chi connectivity index (χ3n) is 2.92. The highest BCUT2D eigenvalue weighted by molar-refractivity contribution is 5.79. The maximum absolute atomic E-state index is 11.4. The fourth-order valence-electron chi connectivity index (χ4n) is 2.00. The Balaban J connectivity index is 2.13. The van der Waals surface area contributed by atoms with Crippen LogP contribution in [0.5, 0.6) is 5.75 Å². The van der Waals surface area contributed by atoms with Crippen molar-refractivity contribution in [3.8, 4) is 5.75 Å². The molecule has 0 aromatic heterocycles. The first-order chi connectivity index (χ1) is 10.1. The number of anilines is 1. The second kappa shape index (κ2) is 6.79. The summed E-state index contributed by atoms with van der Waals surface area (Å²) in [4.78, 5) is 11.4. The van der Waals surface area contributed by atoms with E-state index in [-0.39, 0.29) is 6.10 Å². The lowest BCUT2D eigenvalue weighted by Crippen LogP contribution is -2.20. The number of rotatable bonds is 6. The van der Waals surface area contributed by atoms with Crippen molar-refractivity contribution in [3.05, 3.63) is 60.2 Å². The van der Waals surface area contributed by atoms with Crippen molar-refractivity contribution in [2.45, 2.75) is 26.0 Å². The van der Waals surface area contributed by atoms with Crippen molar-refractivity contribution in [2.75, 3.05) is 5.32 Å². The van der Waals surface area contributed by atoms with Crippen LogP contribution in [0.25, 0.3) is 0 Å². The van der Waals surface area contributed by atoms with Gasteiger partial charge in [-0.05, 0) is 43.7 Å². The molecule has 0 aliphatic rings. The Labute approximate surface area is 124 Å². The van der Waals surface area contributed by atoms with Crippen LogP contribution in [0.3, 0.4) is 0 Å². The molecule has 2 rings (SSSR count). The standard InChI is InChI=1S/C17H19NO3/c1-12(2)21-15-10-8-14(9-11-15)18-16(17(19)20)13-6-4-3-5-7-13/h3-12,16,18H,1-2H3,(H,19,20). The topological polar surface area (TPSA) is 58.6 Å². The van der Waals surface area contributed by atoms with Gasteiger partial charge in [0.25, 0.3) is 0 Å². The molecule has 2 aromatic carbocycles. The minimum absolute atomic E-state index is 0.111. The van der Waals surface area contributed by atoms with Gasteiger partial charge >= 0.3 is 5.97 Å². The molecule has 1 atom stereocenters. The minimum Gasteiger partial charge on any atom is -0.491 e. The van der Waals surface area contributed by atoms with E-state index in [1.165, 1.54) is 0 Å². The van der Waals surface area contributed by atoms with E-state index in [0.29, 0.717) is 5.56 Å². The fourth-order valence-corrected chi connectivity index (χ4v) is 2.00. The van der Waals surface area contributed by atoms with Crippen LogP contribution < -0.4 is 10.1 Å². The molecule has 2 aromatic rings. The molecule has 0 bridgehead atoms. The summed E-state index contributed by atoms with van der Waals surface area (Å²) in [5, 5.41) is 12.4. The van der Waals surface area contributed by atoms with Crippen molar-refractivity contribution in [3.63, 3.8) is 0 Å². The highest BCUT2D eigenvalue weighted by Gasteiger charge is 2.19. The summed E-state index contributed by atoms with van der Waals surface area (Å²) in [6.45, 7) is 3.92. The van der Waals surface area contributed by atoms with Crippen molar-refractivity contribution in [1.29, 1.82) is 0 Å². The molecule has 4 nitrogen and oxygen atoms in total. The number of aliphatic carboxylic acids is 1. The fraction of sp³-hybridized carbons (Fsp3) is 0.235. The van der Waals surface area contributed by atoms with Gasteiger partial charge in [-0.15, -0.1) is 0 Å². The number of carboxylic acids is 1. The second-order valence-electron chi connectivity index (χ2n) is 5.02. The monoisotopic (exact) mass is 285 g/mol. The number of hydrogen-bond donors (Lipinski definition) is 2. The van der Waals surface area contributed by atoms with Gasteiger partial charge in [0.05, 0.1) is 6.10 Å². The largest absolute Gasteiger partial charge is 0.491 e. The zero-order valence-electron chi connectivity index (χ0n) is 12.1. The summed E-state index contributed by atoms with van der Waals surface area (Å²) >= 11 is 0. The lowest BCUT2D eigenvalue weighted by Gasteiger charge is -2.17. The van der Waals surface area contributed by atoms with Crippen LogP contribution >= 0.6 is 0 Å². The minimum atomic E-state index is -0.913. The first kappa shape index (κ1) is 14.9. The highest BCUT2D eigenvalue weighted by Crippen LogP contribution is 2.22. The molecule has 0 spiro atoms. The average molecular weight is 285 g/mol. The molecule has 0 heterocycles. The third kappa shape index (κ3) is 4.24. The molecule has 0 saturated heterocycles. The van der Waals surface area contributed by atoms with Gasteiger partial charge in [0.1, 0.15) is 5.75 Å². The Bertz CT molecular complexity index is 579. The van der Waals surface area contributed by atoms with Crippen LogP contribution in [0, 0.1) is 0 Å². The number of benzene rings is 2. The van der Waals surface area contributed by atoms with Gasteiger partial charge in [0.2, 0.25) is 0 Å². The molecule has 21 heavy (non-hydrogen) atoms. The van der Waals surface area contributed by atoms with E-state index in [4.69, 9.17) is 4.74 Å². The van der Waals surface area contributed by atoms with E-state index in [1.807, 2.05) is 56.3 Å². The SMILES string of the molecule is CC(C)Oc1ccc(NC(C(=O)O)c2ccccc2)cc1. The lowest BCUT2D eigenvalue weighted by molar-refractivity contribution is -0.138. The Morgan fingerprint density at radius 3 is 2.19 bits per heavy atom. The lowest BCUT2D eigenvalue weighted by atomic mass is 10.1. The van der Waals surface area contributed by atoms with Crippen molar-refractivity contribution in [2.24, 2.45) is 0 Å². The van der Waals surface area contributed by atoms with Gasteiger partial charge in [-0.2, -0.15) is 0 Å². The first-order valence-electron chi connectivity index (χ1n) is 6.87. The average Bonchev–Trinajstić information content (AvgIpc) is 2.46. The molecular weight excluding hydrogens is 266 g/mol. The van der Waals surface area contributed by atoms with Gasteiger partial charge in [-0.1, -0.05) is 30.3 Å². The predicted molar refractivity (Wildman–Crippen MR) is 82.6 cm³/mol. The van der Waals surface area contributed by atoms with Gasteiger partial charge < -0.3 is 15.2 Å². The van der Waals surface area contributed by atoms with E-state index < -0.39 is 12.0 Å². The summed E-state index contributed by atoms with van der Waals surface area (Å²) in [6.07, 6.45) is 0.111. The number of nitrogens with one attached hydrogen (secondary N) is 1. The normalized spacial score (nSPS) is 12.0. The molecular formula is C17H19NO3. The van der Waals surface area contributed by atoms with E-state index in [1.54, 1.807) is 12.1 Å². The predicted octanol–water partition coefficient (Wildman–Crippen LogP) is 3.71. The Morgan fingerprint density at radius 1 is 1.05 bits per heavy atom. The smallest absolute Gasteiger partial charge is 0.330 e. The maximum Gasteiger partial charge on any atom is 0.330 e. The molecule has 4 heteroatoms. The Kier molecular flexibility index (Phi) is 4.82. The summed E-state index contributed by atoms with van der Waals surface area (Å²) < 4.78 is 5.56. The highest BCUT2D eigenvalue weighted by atomic mass is 16.5. The summed E-state index contributed by atoms with van der Waals surface area (Å²) in [7, 11) is 0. The molecule has 0 fully saturated rings. The van der Waals surface area contributed by atoms with Crippen LogP contribution in [-0.4, -0.2) is 17.2 Å². The third-order valence-corrected chi connectivity index (χ3v) is 2.92. The van der Waals surface area contributed by atoms with E-state index in [9.17, 15) is 9.90 Å². The molecule has 0 radical (unpaired) electrons. The maximum atomic E-state index is 11.4. The Morgan fingerprint density at radius 2 is 1.67 bits per heavy atom. The van der Waals surface area contributed by atoms with Crippen LogP contribution in [0.15, 0.2) is 54.6 Å². The van der Waals surface area contributed by atoms with E-state index in [2.05, 4.69) is 5.32 Å². The number of carbonyl (C=O) groups is 1. The molecule has 0 amide bonds. The summed E-state index contributed by atoms with van der Waals surface area (Å²) in [5.74, 6) is -0.147. The van der Waals surface area contributed by atoms with Crippen LogP contribution in [-0.2, 0) is 4.79 Å². The number of ether oxygens (including phenoxy) is 1. The van der Waals surface area contributed by atoms with Gasteiger partial charge in [0.15, 0.2) is 6.04 Å². The van der Waals surface area contributed by atoms with Crippen LogP contribution in [0.4, 0.5) is 5.69 Å². The molecule has 0 saturated carbocycles. The van der Waals surface area contributed by atoms with Gasteiger partial charge in [-0.3, -0.25) is 0 Å². The van der Waals surface area contributed by atoms with Crippen molar-refractivity contribution in [1.82, 2.24) is 0 Å². The van der Waals surface area contributed by atoms with E-state index >= 15 is 0 Å². The molecule has 0 aliphatic carbocycles. The number of carboxylic acid groups (broad SMARTS) is 1. The first-order valence-corrected chi connectivity index (χ1v) is 6.87. The van der Waals surface area contributed by atoms with Gasteiger partial charge in [-0.25, -0.2) is 4.79 Å². The van der Waals surface area contributed by atoms with Crippen molar-refractivity contribution >= 4 is 11.7 Å². The molecule has 2 N–H and O–H groups in total. The zero-order chi connectivity index (χ0) is 15.2. The van der Waals surface area contributed by atoms with Crippen molar-refractivity contribution < 1.29 is 14.6 Å². The van der Waals surface area contributed by atoms with E-state index in [0.717, 1.165) is 11.4 Å². The second-order valence-corrected chi connectivity index (χ2v) is 5.02. The molecule has 110 valence electrons. The Hall–Kier alpha value is -2.49. The van der Waals surface area contributed by atoms with Crippen LogP contribution in [0.1, 0.15) is 25.5 Å². The van der Waals surface area contributed by atoms with Crippen LogP contribution in [0.2, 0.25) is 0 Å². The summed E-state index contributed by atoms with van der Waals surface area (Å²) in [6, 6.07) is 15.6. The zero-order valence-corrected chi connectivity index (χ0v) is 12.1. The quantitative estimate of drug-likeness (QED) is 0.849. The summed E-state index contributed by atoms with van der Waals surface area (Å²) in [5.41, 5.74) is 1.45.